The van der Waals surface area contributed by atoms with Crippen molar-refractivity contribution in [1.29, 1.82) is 0 Å². The van der Waals surface area contributed by atoms with Crippen LogP contribution in [0.1, 0.15) is 30.8 Å². The average molecular weight is 386 g/mol. The molecule has 0 bridgehead atoms. The fraction of sp³-hybridized carbons (Fsp3) is 0.240. The maximum absolute atomic E-state index is 6.28. The number of rotatable bonds is 8. The van der Waals surface area contributed by atoms with Gasteiger partial charge < -0.3 is 14.0 Å². The summed E-state index contributed by atoms with van der Waals surface area (Å²) in [6.45, 7) is 5.47. The number of nitrogens with zero attached hydrogens (tertiary/aromatic N) is 2. The first-order chi connectivity index (χ1) is 14.3. The minimum atomic E-state index is -0.122. The van der Waals surface area contributed by atoms with Crippen LogP contribution in [-0.2, 0) is 6.54 Å². The van der Waals surface area contributed by atoms with Crippen molar-refractivity contribution in [2.45, 2.75) is 32.9 Å². The van der Waals surface area contributed by atoms with Crippen LogP contribution in [0.2, 0.25) is 0 Å². The van der Waals surface area contributed by atoms with Crippen LogP contribution in [0.5, 0.6) is 11.5 Å². The van der Waals surface area contributed by atoms with Crippen molar-refractivity contribution >= 4 is 11.0 Å². The van der Waals surface area contributed by atoms with Crippen LogP contribution in [0, 0.1) is 6.92 Å². The van der Waals surface area contributed by atoms with Crippen LogP contribution in [0.25, 0.3) is 11.0 Å². The van der Waals surface area contributed by atoms with E-state index in [1.54, 1.807) is 0 Å². The lowest BCUT2D eigenvalue weighted by Gasteiger charge is -2.19. The maximum atomic E-state index is 6.28. The van der Waals surface area contributed by atoms with E-state index in [9.17, 15) is 0 Å². The highest BCUT2D eigenvalue weighted by molar-refractivity contribution is 5.76. The number of para-hydroxylation sites is 4. The van der Waals surface area contributed by atoms with Crippen molar-refractivity contribution in [2.24, 2.45) is 0 Å². The molecular formula is C25H26N2O2. The van der Waals surface area contributed by atoms with Crippen molar-refractivity contribution in [2.75, 3.05) is 6.61 Å². The molecule has 0 aliphatic carbocycles. The second-order valence-corrected chi connectivity index (χ2v) is 7.05. The molecule has 0 saturated carbocycles. The molecule has 0 spiro atoms. The van der Waals surface area contributed by atoms with Gasteiger partial charge in [0.1, 0.15) is 18.1 Å². The highest BCUT2D eigenvalue weighted by Gasteiger charge is 2.20. The summed E-state index contributed by atoms with van der Waals surface area (Å²) in [5.74, 6) is 2.71. The van der Waals surface area contributed by atoms with Gasteiger partial charge in [-0.2, -0.15) is 0 Å². The largest absolute Gasteiger partial charge is 0.491 e. The standard InChI is InChI=1S/C25H26N2O2/c1-3-23(29-20-12-5-4-6-13-20)25-26-21-14-8-9-15-22(21)27(25)17-18-28-24-16-10-7-11-19(24)2/h4-16,23H,3,17-18H2,1-2H3. The summed E-state index contributed by atoms with van der Waals surface area (Å²) in [5.41, 5.74) is 3.22. The lowest BCUT2D eigenvalue weighted by atomic mass is 10.2. The summed E-state index contributed by atoms with van der Waals surface area (Å²) in [5, 5.41) is 0. The molecule has 0 saturated heterocycles. The van der Waals surface area contributed by atoms with Gasteiger partial charge in [0.2, 0.25) is 0 Å². The van der Waals surface area contributed by atoms with Gasteiger partial charge in [-0.3, -0.25) is 0 Å². The van der Waals surface area contributed by atoms with Gasteiger partial charge in [-0.05, 0) is 49.2 Å². The Morgan fingerprint density at radius 1 is 0.897 bits per heavy atom. The van der Waals surface area contributed by atoms with Crippen molar-refractivity contribution in [3.05, 3.63) is 90.3 Å². The van der Waals surface area contributed by atoms with Gasteiger partial charge in [0.05, 0.1) is 17.6 Å². The molecule has 0 aliphatic rings. The molecule has 148 valence electrons. The zero-order chi connectivity index (χ0) is 20.1. The lowest BCUT2D eigenvalue weighted by Crippen LogP contribution is -2.17. The average Bonchev–Trinajstić information content (AvgIpc) is 3.12. The molecule has 4 nitrogen and oxygen atoms in total. The monoisotopic (exact) mass is 386 g/mol. The van der Waals surface area contributed by atoms with Crippen molar-refractivity contribution in [3.63, 3.8) is 0 Å². The van der Waals surface area contributed by atoms with Crippen LogP contribution >= 0.6 is 0 Å². The Bertz CT molecular complexity index is 1070. The number of aryl methyl sites for hydroxylation is 1. The first kappa shape index (κ1) is 19.1. The van der Waals surface area contributed by atoms with E-state index in [4.69, 9.17) is 14.5 Å². The van der Waals surface area contributed by atoms with Gasteiger partial charge >= 0.3 is 0 Å². The van der Waals surface area contributed by atoms with Crippen LogP contribution < -0.4 is 9.47 Å². The van der Waals surface area contributed by atoms with Gasteiger partial charge in [0, 0.05) is 0 Å². The first-order valence-electron chi connectivity index (χ1n) is 10.1. The summed E-state index contributed by atoms with van der Waals surface area (Å²) >= 11 is 0. The van der Waals surface area contributed by atoms with Gasteiger partial charge in [-0.25, -0.2) is 4.98 Å². The Kier molecular flexibility index (Phi) is 5.80. The Hall–Kier alpha value is -3.27. The second-order valence-electron chi connectivity index (χ2n) is 7.05. The summed E-state index contributed by atoms with van der Waals surface area (Å²) in [6.07, 6.45) is 0.708. The van der Waals surface area contributed by atoms with Gasteiger partial charge in [-0.1, -0.05) is 55.5 Å². The Labute approximate surface area is 171 Å². The maximum Gasteiger partial charge on any atom is 0.156 e. The molecule has 0 aliphatic heterocycles. The number of fused-ring (bicyclic) bond motifs is 1. The molecule has 4 aromatic rings. The van der Waals surface area contributed by atoms with Gasteiger partial charge in [-0.15, -0.1) is 0 Å². The molecule has 29 heavy (non-hydrogen) atoms. The normalized spacial score (nSPS) is 12.1. The van der Waals surface area contributed by atoms with Gasteiger partial charge in [0.25, 0.3) is 0 Å². The van der Waals surface area contributed by atoms with Crippen molar-refractivity contribution < 1.29 is 9.47 Å². The van der Waals surface area contributed by atoms with E-state index in [2.05, 4.69) is 30.5 Å². The molecule has 3 aromatic carbocycles. The lowest BCUT2D eigenvalue weighted by molar-refractivity contribution is 0.184. The van der Waals surface area contributed by atoms with E-state index in [0.717, 1.165) is 40.3 Å². The molecule has 0 fully saturated rings. The Balaban J connectivity index is 1.60. The Morgan fingerprint density at radius 2 is 1.62 bits per heavy atom. The molecule has 4 rings (SSSR count). The molecule has 0 radical (unpaired) electrons. The quantitative estimate of drug-likeness (QED) is 0.375. The van der Waals surface area contributed by atoms with E-state index in [1.807, 2.05) is 66.7 Å². The molecule has 1 unspecified atom stereocenters. The predicted octanol–water partition coefficient (Wildman–Crippen LogP) is 5.95. The summed E-state index contributed by atoms with van der Waals surface area (Å²) in [6, 6.07) is 26.3. The van der Waals surface area contributed by atoms with Crippen molar-refractivity contribution in [1.82, 2.24) is 9.55 Å². The topological polar surface area (TPSA) is 36.3 Å². The zero-order valence-corrected chi connectivity index (χ0v) is 16.9. The zero-order valence-electron chi connectivity index (χ0n) is 16.9. The molecule has 1 aromatic heterocycles. The molecule has 4 heteroatoms. The number of ether oxygens (including phenoxy) is 2. The molecule has 0 amide bonds. The third-order valence-electron chi connectivity index (χ3n) is 5.03. The minimum Gasteiger partial charge on any atom is -0.491 e. The SMILES string of the molecule is CCC(Oc1ccccc1)c1nc2ccccc2n1CCOc1ccccc1C. The van der Waals surface area contributed by atoms with E-state index < -0.39 is 0 Å². The van der Waals surface area contributed by atoms with Crippen LogP contribution in [-0.4, -0.2) is 16.2 Å². The van der Waals surface area contributed by atoms with E-state index in [-0.39, 0.29) is 6.10 Å². The highest BCUT2D eigenvalue weighted by atomic mass is 16.5. The fourth-order valence-electron chi connectivity index (χ4n) is 3.52. The number of aromatic nitrogens is 2. The van der Waals surface area contributed by atoms with Crippen LogP contribution in [0.15, 0.2) is 78.9 Å². The number of hydrogen-bond acceptors (Lipinski definition) is 3. The predicted molar refractivity (Wildman–Crippen MR) is 117 cm³/mol. The summed E-state index contributed by atoms with van der Waals surface area (Å²) in [7, 11) is 0. The third-order valence-corrected chi connectivity index (χ3v) is 5.03. The number of imidazole rings is 1. The summed E-state index contributed by atoms with van der Waals surface area (Å²) in [4.78, 5) is 4.91. The summed E-state index contributed by atoms with van der Waals surface area (Å²) < 4.78 is 14.6. The first-order valence-corrected chi connectivity index (χ1v) is 10.1. The number of benzene rings is 3. The van der Waals surface area contributed by atoms with E-state index in [0.29, 0.717) is 13.2 Å². The molecule has 1 atom stereocenters. The van der Waals surface area contributed by atoms with Crippen LogP contribution in [0.3, 0.4) is 0 Å². The second kappa shape index (κ2) is 8.82. The van der Waals surface area contributed by atoms with E-state index >= 15 is 0 Å². The van der Waals surface area contributed by atoms with Crippen LogP contribution in [0.4, 0.5) is 0 Å². The highest BCUT2D eigenvalue weighted by Crippen LogP contribution is 2.27. The van der Waals surface area contributed by atoms with E-state index in [1.165, 1.54) is 0 Å². The molecule has 1 heterocycles. The minimum absolute atomic E-state index is 0.122. The number of hydrogen-bond donors (Lipinski definition) is 0. The smallest absolute Gasteiger partial charge is 0.156 e. The molecular weight excluding hydrogens is 360 g/mol. The fourth-order valence-corrected chi connectivity index (χ4v) is 3.52. The van der Waals surface area contributed by atoms with Gasteiger partial charge in [0.15, 0.2) is 11.9 Å². The molecule has 0 N–H and O–H groups in total. The Morgan fingerprint density at radius 3 is 2.41 bits per heavy atom. The van der Waals surface area contributed by atoms with Crippen molar-refractivity contribution in [3.8, 4) is 11.5 Å². The third kappa shape index (κ3) is 4.27.